The Labute approximate surface area is 175 Å². The quantitative estimate of drug-likeness (QED) is 0.727. The van der Waals surface area contributed by atoms with E-state index < -0.39 is 17.7 Å². The van der Waals surface area contributed by atoms with Crippen molar-refractivity contribution in [1.29, 1.82) is 0 Å². The van der Waals surface area contributed by atoms with Crippen molar-refractivity contribution in [2.75, 3.05) is 19.0 Å². The Hall–Kier alpha value is -3.22. The average Bonchev–Trinajstić information content (AvgIpc) is 3.09. The normalized spacial score (nSPS) is 16.2. The zero-order valence-electron chi connectivity index (χ0n) is 16.9. The summed E-state index contributed by atoms with van der Waals surface area (Å²) in [7, 11) is 1.54. The van der Waals surface area contributed by atoms with Crippen LogP contribution in [0.3, 0.4) is 0 Å². The summed E-state index contributed by atoms with van der Waals surface area (Å²) in [6.07, 6.45) is 5.12. The van der Waals surface area contributed by atoms with Crippen LogP contribution in [0.2, 0.25) is 0 Å². The first-order valence-corrected chi connectivity index (χ1v) is 10.2. The Bertz CT molecular complexity index is 935. The molecule has 1 fully saturated rings. The Kier molecular flexibility index (Phi) is 5.79. The zero-order chi connectivity index (χ0) is 21.0. The first-order valence-electron chi connectivity index (χ1n) is 10.2. The Balaban J connectivity index is 1.29. The van der Waals surface area contributed by atoms with Gasteiger partial charge in [0.25, 0.3) is 11.7 Å². The van der Waals surface area contributed by atoms with Crippen molar-refractivity contribution < 1.29 is 28.5 Å². The molecule has 0 aromatic heterocycles. The fourth-order valence-corrected chi connectivity index (χ4v) is 3.86. The van der Waals surface area contributed by atoms with Gasteiger partial charge in [-0.2, -0.15) is 0 Å². The van der Waals surface area contributed by atoms with Gasteiger partial charge in [0.15, 0.2) is 18.1 Å². The average molecular weight is 411 g/mol. The molecule has 0 radical (unpaired) electrons. The molecule has 1 spiro atoms. The van der Waals surface area contributed by atoms with Crippen LogP contribution in [0.15, 0.2) is 42.5 Å². The van der Waals surface area contributed by atoms with Gasteiger partial charge < -0.3 is 24.3 Å². The predicted molar refractivity (Wildman–Crippen MR) is 110 cm³/mol. The van der Waals surface area contributed by atoms with Crippen molar-refractivity contribution in [3.8, 4) is 17.2 Å². The number of anilines is 1. The molecule has 1 aliphatic heterocycles. The fourth-order valence-electron chi connectivity index (χ4n) is 3.86. The van der Waals surface area contributed by atoms with Crippen LogP contribution in [0.1, 0.15) is 37.7 Å². The van der Waals surface area contributed by atoms with Crippen molar-refractivity contribution in [3.63, 3.8) is 0 Å². The van der Waals surface area contributed by atoms with Gasteiger partial charge in [-0.25, -0.2) is 0 Å². The number of rotatable bonds is 6. The molecule has 2 aromatic carbocycles. The van der Waals surface area contributed by atoms with Crippen molar-refractivity contribution >= 4 is 17.6 Å². The maximum absolute atomic E-state index is 12.2. The topological polar surface area (TPSA) is 83.1 Å². The van der Waals surface area contributed by atoms with E-state index in [4.69, 9.17) is 18.9 Å². The lowest BCUT2D eigenvalue weighted by atomic mass is 9.94. The molecule has 1 aliphatic carbocycles. The molecule has 0 bridgehead atoms. The number of methoxy groups -OCH3 is 1. The minimum atomic E-state index is -0.558. The third-order valence-electron chi connectivity index (χ3n) is 5.33. The number of benzene rings is 2. The smallest absolute Gasteiger partial charge is 0.310 e. The van der Waals surface area contributed by atoms with E-state index in [1.165, 1.54) is 6.42 Å². The van der Waals surface area contributed by atoms with E-state index in [0.717, 1.165) is 25.7 Å². The second kappa shape index (κ2) is 8.65. The molecule has 7 heteroatoms. The lowest BCUT2D eigenvalue weighted by molar-refractivity contribution is -0.146. The van der Waals surface area contributed by atoms with Crippen LogP contribution in [0.25, 0.3) is 0 Å². The molecule has 0 unspecified atom stereocenters. The summed E-state index contributed by atoms with van der Waals surface area (Å²) in [4.78, 5) is 24.3. The van der Waals surface area contributed by atoms with Crippen LogP contribution in [-0.4, -0.2) is 31.4 Å². The number of esters is 1. The van der Waals surface area contributed by atoms with Crippen LogP contribution in [0.4, 0.5) is 5.69 Å². The highest BCUT2D eigenvalue weighted by atomic mass is 16.7. The SMILES string of the molecule is COc1ccccc1CC(=O)OCC(=O)Nc1ccc2c(c1)OC1(CCCCC1)O2. The molecule has 7 nitrogen and oxygen atoms in total. The molecule has 1 N–H and O–H groups in total. The highest BCUT2D eigenvalue weighted by Gasteiger charge is 2.42. The summed E-state index contributed by atoms with van der Waals surface area (Å²) >= 11 is 0. The van der Waals surface area contributed by atoms with Gasteiger partial charge in [-0.15, -0.1) is 0 Å². The first kappa shape index (κ1) is 20.1. The Morgan fingerprint density at radius 3 is 2.60 bits per heavy atom. The molecule has 30 heavy (non-hydrogen) atoms. The summed E-state index contributed by atoms with van der Waals surface area (Å²) in [6.45, 7) is -0.369. The maximum atomic E-state index is 12.2. The number of fused-ring (bicyclic) bond motifs is 1. The summed E-state index contributed by atoms with van der Waals surface area (Å²) in [5.41, 5.74) is 1.27. The van der Waals surface area contributed by atoms with E-state index in [0.29, 0.717) is 28.5 Å². The second-order valence-corrected chi connectivity index (χ2v) is 7.53. The molecule has 2 aromatic rings. The van der Waals surface area contributed by atoms with Crippen molar-refractivity contribution in [3.05, 3.63) is 48.0 Å². The van der Waals surface area contributed by atoms with Gasteiger partial charge in [-0.3, -0.25) is 9.59 Å². The van der Waals surface area contributed by atoms with Crippen LogP contribution in [-0.2, 0) is 20.7 Å². The lowest BCUT2D eigenvalue weighted by Gasteiger charge is -2.31. The number of hydrogen-bond acceptors (Lipinski definition) is 6. The van der Waals surface area contributed by atoms with E-state index in [9.17, 15) is 9.59 Å². The highest BCUT2D eigenvalue weighted by molar-refractivity contribution is 5.93. The van der Waals surface area contributed by atoms with E-state index in [-0.39, 0.29) is 13.0 Å². The maximum Gasteiger partial charge on any atom is 0.310 e. The summed E-state index contributed by atoms with van der Waals surface area (Å²) in [6, 6.07) is 12.5. The standard InChI is InChI=1S/C23H25NO6/c1-27-18-8-4-3-7-16(18)13-22(26)28-15-21(25)24-17-9-10-19-20(14-17)30-23(29-19)11-5-2-6-12-23/h3-4,7-10,14H,2,5-6,11-13,15H2,1H3,(H,24,25). The lowest BCUT2D eigenvalue weighted by Crippen LogP contribution is -2.40. The molecule has 0 saturated heterocycles. The van der Waals surface area contributed by atoms with Crippen LogP contribution < -0.4 is 19.5 Å². The highest BCUT2D eigenvalue weighted by Crippen LogP contribution is 2.46. The zero-order valence-corrected chi connectivity index (χ0v) is 16.9. The second-order valence-electron chi connectivity index (χ2n) is 7.53. The van der Waals surface area contributed by atoms with Crippen molar-refractivity contribution in [1.82, 2.24) is 0 Å². The van der Waals surface area contributed by atoms with E-state index in [1.807, 2.05) is 12.1 Å². The molecular weight excluding hydrogens is 386 g/mol. The number of carbonyl (C=O) groups is 2. The summed E-state index contributed by atoms with van der Waals surface area (Å²) in [5.74, 6) is 0.447. The van der Waals surface area contributed by atoms with Crippen LogP contribution in [0.5, 0.6) is 17.2 Å². The van der Waals surface area contributed by atoms with E-state index in [1.54, 1.807) is 37.4 Å². The largest absolute Gasteiger partial charge is 0.496 e. The number of nitrogens with one attached hydrogen (secondary N) is 1. The molecule has 1 amide bonds. The number of ether oxygens (including phenoxy) is 4. The van der Waals surface area contributed by atoms with Gasteiger partial charge in [-0.05, 0) is 31.0 Å². The molecule has 4 rings (SSSR count). The minimum absolute atomic E-state index is 0.0312. The van der Waals surface area contributed by atoms with Gasteiger partial charge in [0.2, 0.25) is 0 Å². The van der Waals surface area contributed by atoms with E-state index in [2.05, 4.69) is 5.32 Å². The molecule has 1 saturated carbocycles. The van der Waals surface area contributed by atoms with Gasteiger partial charge in [0.05, 0.1) is 13.5 Å². The van der Waals surface area contributed by atoms with Crippen LogP contribution in [0, 0.1) is 0 Å². The van der Waals surface area contributed by atoms with Crippen molar-refractivity contribution in [2.45, 2.75) is 44.3 Å². The van der Waals surface area contributed by atoms with Crippen LogP contribution >= 0.6 is 0 Å². The summed E-state index contributed by atoms with van der Waals surface area (Å²) < 4.78 is 22.4. The monoisotopic (exact) mass is 411 g/mol. The van der Waals surface area contributed by atoms with Gasteiger partial charge in [0.1, 0.15) is 5.75 Å². The molecule has 0 atom stereocenters. The minimum Gasteiger partial charge on any atom is -0.496 e. The molecule has 1 heterocycles. The first-order chi connectivity index (χ1) is 14.6. The Morgan fingerprint density at radius 1 is 1.03 bits per heavy atom. The third-order valence-corrected chi connectivity index (χ3v) is 5.33. The van der Waals surface area contributed by atoms with Gasteiger partial charge in [-0.1, -0.05) is 24.6 Å². The molecule has 158 valence electrons. The Morgan fingerprint density at radius 2 is 1.80 bits per heavy atom. The molecule has 2 aliphatic rings. The van der Waals surface area contributed by atoms with E-state index >= 15 is 0 Å². The number of para-hydroxylation sites is 1. The van der Waals surface area contributed by atoms with Crippen molar-refractivity contribution in [2.24, 2.45) is 0 Å². The fraction of sp³-hybridized carbons (Fsp3) is 0.391. The van der Waals surface area contributed by atoms with Gasteiger partial charge >= 0.3 is 5.97 Å². The number of amides is 1. The number of hydrogen-bond donors (Lipinski definition) is 1. The summed E-state index contributed by atoms with van der Waals surface area (Å²) in [5, 5.41) is 2.73. The third kappa shape index (κ3) is 4.50. The number of carbonyl (C=O) groups excluding carboxylic acids is 2. The molecular formula is C23H25NO6. The van der Waals surface area contributed by atoms with Gasteiger partial charge in [0, 0.05) is 30.2 Å². The predicted octanol–water partition coefficient (Wildman–Crippen LogP) is 3.85.